The minimum absolute atomic E-state index is 0.0469. The van der Waals surface area contributed by atoms with Gasteiger partial charge in [0.15, 0.2) is 5.78 Å². The van der Waals surface area contributed by atoms with Crippen molar-refractivity contribution in [2.24, 2.45) is 11.8 Å². The molecule has 2 N–H and O–H groups in total. The van der Waals surface area contributed by atoms with E-state index in [9.17, 15) is 14.7 Å². The van der Waals surface area contributed by atoms with Gasteiger partial charge >= 0.3 is 5.97 Å². The van der Waals surface area contributed by atoms with Gasteiger partial charge in [-0.05, 0) is 43.3 Å². The van der Waals surface area contributed by atoms with Crippen molar-refractivity contribution in [3.8, 4) is 0 Å². The molecule has 1 aliphatic rings. The zero-order valence-corrected chi connectivity index (χ0v) is 11.3. The van der Waals surface area contributed by atoms with Crippen molar-refractivity contribution in [1.82, 2.24) is 0 Å². The van der Waals surface area contributed by atoms with Gasteiger partial charge in [-0.2, -0.15) is 0 Å². The Morgan fingerprint density at radius 2 is 2.11 bits per heavy atom. The van der Waals surface area contributed by atoms with E-state index in [1.54, 1.807) is 13.0 Å². The maximum Gasteiger partial charge on any atom is 0.303 e. The van der Waals surface area contributed by atoms with E-state index in [-0.39, 0.29) is 24.0 Å². The van der Waals surface area contributed by atoms with E-state index in [1.807, 2.05) is 13.8 Å². The van der Waals surface area contributed by atoms with E-state index in [4.69, 9.17) is 5.11 Å². The lowest BCUT2D eigenvalue weighted by Crippen LogP contribution is -2.32. The van der Waals surface area contributed by atoms with Crippen molar-refractivity contribution in [2.45, 2.75) is 52.1 Å². The van der Waals surface area contributed by atoms with E-state index in [0.717, 1.165) is 0 Å². The predicted octanol–water partition coefficient (Wildman–Crippen LogP) is 2.16. The fourth-order valence-corrected chi connectivity index (χ4v) is 2.44. The van der Waals surface area contributed by atoms with Gasteiger partial charge in [-0.25, -0.2) is 0 Å². The zero-order valence-electron chi connectivity index (χ0n) is 11.3. The maximum atomic E-state index is 11.9. The van der Waals surface area contributed by atoms with Crippen LogP contribution in [-0.4, -0.2) is 27.6 Å². The molecule has 0 spiro atoms. The van der Waals surface area contributed by atoms with Crippen LogP contribution in [0.15, 0.2) is 11.6 Å². The Bertz CT molecular complexity index is 366. The van der Waals surface area contributed by atoms with Gasteiger partial charge < -0.3 is 10.2 Å². The average molecular weight is 254 g/mol. The van der Waals surface area contributed by atoms with Crippen molar-refractivity contribution in [3.63, 3.8) is 0 Å². The number of carboxylic acids is 1. The van der Waals surface area contributed by atoms with Gasteiger partial charge in [0.25, 0.3) is 0 Å². The summed E-state index contributed by atoms with van der Waals surface area (Å²) in [6.45, 7) is 5.64. The van der Waals surface area contributed by atoms with Crippen LogP contribution in [0.3, 0.4) is 0 Å². The Kier molecular flexibility index (Phi) is 4.68. The predicted molar refractivity (Wildman–Crippen MR) is 68.1 cm³/mol. The molecule has 0 aromatic rings. The first kappa shape index (κ1) is 14.9. The minimum Gasteiger partial charge on any atom is -0.481 e. The highest BCUT2D eigenvalue weighted by atomic mass is 16.4. The molecule has 0 fully saturated rings. The highest BCUT2D eigenvalue weighted by Crippen LogP contribution is 2.33. The lowest BCUT2D eigenvalue weighted by atomic mass is 9.76. The third-order valence-corrected chi connectivity index (χ3v) is 3.52. The number of aliphatic hydroxyl groups is 1. The van der Waals surface area contributed by atoms with Gasteiger partial charge in [-0.3, -0.25) is 9.59 Å². The number of rotatable bonds is 5. The molecule has 0 aromatic heterocycles. The van der Waals surface area contributed by atoms with E-state index >= 15 is 0 Å². The summed E-state index contributed by atoms with van der Waals surface area (Å²) in [5.74, 6) is -0.698. The van der Waals surface area contributed by atoms with Crippen LogP contribution in [0.2, 0.25) is 0 Å². The number of Topliss-reactive ketones (excluding diaryl/α,β-unsaturated/α-hetero) is 1. The molecule has 0 aromatic carbocycles. The molecule has 0 amide bonds. The molecule has 2 unspecified atom stereocenters. The fraction of sp³-hybridized carbons (Fsp3) is 0.714. The summed E-state index contributed by atoms with van der Waals surface area (Å²) >= 11 is 0. The zero-order chi connectivity index (χ0) is 13.9. The average Bonchev–Trinajstić information content (AvgIpc) is 2.22. The van der Waals surface area contributed by atoms with Crippen molar-refractivity contribution in [3.05, 3.63) is 11.6 Å². The Hall–Kier alpha value is -1.16. The molecule has 0 saturated heterocycles. The second-order valence-electron chi connectivity index (χ2n) is 5.66. The largest absolute Gasteiger partial charge is 0.481 e. The summed E-state index contributed by atoms with van der Waals surface area (Å²) in [6, 6.07) is 0. The van der Waals surface area contributed by atoms with Crippen LogP contribution in [0.1, 0.15) is 46.5 Å². The molecule has 1 aliphatic carbocycles. The number of ketones is 1. The summed E-state index contributed by atoms with van der Waals surface area (Å²) < 4.78 is 0. The minimum atomic E-state index is -0.945. The first-order valence-corrected chi connectivity index (χ1v) is 6.43. The standard InChI is InChI=1S/C14H22O4/c1-9(2)10(4-5-13(16)17)11-8-14(3,18)7-6-12(11)15/h8-10,18H,4-7H2,1-3H3,(H,16,17). The van der Waals surface area contributed by atoms with Crippen molar-refractivity contribution in [1.29, 1.82) is 0 Å². The number of aliphatic carboxylic acids is 1. The second kappa shape index (κ2) is 5.65. The lowest BCUT2D eigenvalue weighted by Gasteiger charge is -2.31. The van der Waals surface area contributed by atoms with Gasteiger partial charge in [0.2, 0.25) is 0 Å². The molecule has 102 valence electrons. The maximum absolute atomic E-state index is 11.9. The molecule has 4 nitrogen and oxygen atoms in total. The van der Waals surface area contributed by atoms with Gasteiger partial charge in [0.1, 0.15) is 0 Å². The topological polar surface area (TPSA) is 74.6 Å². The molecule has 2 atom stereocenters. The van der Waals surface area contributed by atoms with E-state index in [1.165, 1.54) is 0 Å². The molecule has 0 bridgehead atoms. The molecule has 4 heteroatoms. The normalized spacial score (nSPS) is 26.1. The SMILES string of the molecule is CC(C)C(CCC(=O)O)C1=CC(C)(O)CCC1=O. The Morgan fingerprint density at radius 3 is 2.61 bits per heavy atom. The summed E-state index contributed by atoms with van der Waals surface area (Å²) in [7, 11) is 0. The molecule has 18 heavy (non-hydrogen) atoms. The Morgan fingerprint density at radius 1 is 1.50 bits per heavy atom. The highest BCUT2D eigenvalue weighted by molar-refractivity contribution is 5.97. The van der Waals surface area contributed by atoms with Gasteiger partial charge in [-0.15, -0.1) is 0 Å². The third-order valence-electron chi connectivity index (χ3n) is 3.52. The van der Waals surface area contributed by atoms with Crippen molar-refractivity contribution < 1.29 is 19.8 Å². The second-order valence-corrected chi connectivity index (χ2v) is 5.66. The number of carbonyl (C=O) groups excluding carboxylic acids is 1. The van der Waals surface area contributed by atoms with Crippen molar-refractivity contribution >= 4 is 11.8 Å². The monoisotopic (exact) mass is 254 g/mol. The van der Waals surface area contributed by atoms with Crippen LogP contribution in [0, 0.1) is 11.8 Å². The summed E-state index contributed by atoms with van der Waals surface area (Å²) in [5.41, 5.74) is -0.331. The number of hydrogen-bond donors (Lipinski definition) is 2. The Balaban J connectivity index is 2.93. The first-order valence-electron chi connectivity index (χ1n) is 6.43. The van der Waals surface area contributed by atoms with Crippen LogP contribution in [0.25, 0.3) is 0 Å². The molecule has 0 heterocycles. The van der Waals surface area contributed by atoms with Crippen LogP contribution in [0.4, 0.5) is 0 Å². The Labute approximate surface area is 108 Å². The number of hydrogen-bond acceptors (Lipinski definition) is 3. The van der Waals surface area contributed by atoms with Gasteiger partial charge in [0, 0.05) is 12.8 Å². The summed E-state index contributed by atoms with van der Waals surface area (Å²) in [6.07, 6.45) is 2.91. The molecule has 0 radical (unpaired) electrons. The van der Waals surface area contributed by atoms with E-state index < -0.39 is 11.6 Å². The molecule has 1 rings (SSSR count). The van der Waals surface area contributed by atoms with Crippen LogP contribution < -0.4 is 0 Å². The quantitative estimate of drug-likeness (QED) is 0.788. The van der Waals surface area contributed by atoms with Gasteiger partial charge in [0.05, 0.1) is 5.60 Å². The molecule has 0 aliphatic heterocycles. The van der Waals surface area contributed by atoms with E-state index in [2.05, 4.69) is 0 Å². The fourth-order valence-electron chi connectivity index (χ4n) is 2.44. The molecular weight excluding hydrogens is 232 g/mol. The highest BCUT2D eigenvalue weighted by Gasteiger charge is 2.32. The molecular formula is C14H22O4. The first-order chi connectivity index (χ1) is 8.23. The molecule has 0 saturated carbocycles. The number of allylic oxidation sites excluding steroid dienone is 1. The smallest absolute Gasteiger partial charge is 0.303 e. The van der Waals surface area contributed by atoms with Gasteiger partial charge in [-0.1, -0.05) is 13.8 Å². The van der Waals surface area contributed by atoms with Crippen LogP contribution in [0.5, 0.6) is 0 Å². The van der Waals surface area contributed by atoms with Crippen LogP contribution in [-0.2, 0) is 9.59 Å². The van der Waals surface area contributed by atoms with Crippen molar-refractivity contribution in [2.75, 3.05) is 0 Å². The van der Waals surface area contributed by atoms with E-state index in [0.29, 0.717) is 24.8 Å². The number of carboxylic acid groups (broad SMARTS) is 1. The third kappa shape index (κ3) is 3.95. The summed E-state index contributed by atoms with van der Waals surface area (Å²) in [4.78, 5) is 22.6. The van der Waals surface area contributed by atoms with Crippen LogP contribution >= 0.6 is 0 Å². The summed E-state index contributed by atoms with van der Waals surface area (Å²) in [5, 5.41) is 18.8. The lowest BCUT2D eigenvalue weighted by molar-refractivity contribution is -0.137. The number of carbonyl (C=O) groups is 2.